The van der Waals surface area contributed by atoms with Gasteiger partial charge in [-0.25, -0.2) is 9.97 Å². The highest BCUT2D eigenvalue weighted by molar-refractivity contribution is 5.98. The van der Waals surface area contributed by atoms with Gasteiger partial charge >= 0.3 is 0 Å². The number of anilines is 1. The fourth-order valence-corrected chi connectivity index (χ4v) is 4.75. The lowest BCUT2D eigenvalue weighted by molar-refractivity contribution is 0.272. The summed E-state index contributed by atoms with van der Waals surface area (Å²) in [4.78, 5) is 14.2. The molecule has 3 heterocycles. The number of hydrogen-bond acceptors (Lipinski definition) is 6. The van der Waals surface area contributed by atoms with E-state index < -0.39 is 0 Å². The molecule has 0 saturated carbocycles. The van der Waals surface area contributed by atoms with Gasteiger partial charge in [-0.15, -0.1) is 0 Å². The largest absolute Gasteiger partial charge is 0.492 e. The van der Waals surface area contributed by atoms with Gasteiger partial charge < -0.3 is 14.5 Å². The number of hydrogen-bond donors (Lipinski definition) is 0. The van der Waals surface area contributed by atoms with Crippen LogP contribution in [0.25, 0.3) is 33.4 Å². The van der Waals surface area contributed by atoms with Crippen molar-refractivity contribution in [2.45, 2.75) is 19.9 Å². The normalized spacial score (nSPS) is 17.0. The van der Waals surface area contributed by atoms with Crippen LogP contribution in [-0.4, -0.2) is 64.0 Å². The summed E-state index contributed by atoms with van der Waals surface area (Å²) in [7, 11) is 4.13. The molecule has 7 heteroatoms. The SMILES string of the molecule is CCOc1cc2ncnc(-c3cn(C)nc3-c3ccccc3)c2cc1N1CCN(C)CC1C. The van der Waals surface area contributed by atoms with Crippen LogP contribution < -0.4 is 9.64 Å². The van der Waals surface area contributed by atoms with Gasteiger partial charge in [0.1, 0.15) is 17.8 Å². The van der Waals surface area contributed by atoms with Crippen LogP contribution in [0.1, 0.15) is 13.8 Å². The third kappa shape index (κ3) is 4.04. The van der Waals surface area contributed by atoms with Crippen molar-refractivity contribution < 1.29 is 4.74 Å². The summed E-state index contributed by atoms with van der Waals surface area (Å²) in [5.41, 5.74) is 5.85. The summed E-state index contributed by atoms with van der Waals surface area (Å²) in [6, 6.07) is 14.9. The van der Waals surface area contributed by atoms with Gasteiger partial charge in [0.05, 0.1) is 23.5 Å². The minimum atomic E-state index is 0.381. The van der Waals surface area contributed by atoms with Crippen LogP contribution in [-0.2, 0) is 7.05 Å². The number of piperazine rings is 1. The first-order valence-electron chi connectivity index (χ1n) is 11.5. The topological polar surface area (TPSA) is 59.3 Å². The molecule has 4 aromatic rings. The molecule has 1 aliphatic rings. The monoisotopic (exact) mass is 442 g/mol. The first kappa shape index (κ1) is 21.4. The molecule has 1 aliphatic heterocycles. The Morgan fingerprint density at radius 1 is 1.03 bits per heavy atom. The average Bonchev–Trinajstić information content (AvgIpc) is 3.21. The lowest BCUT2D eigenvalue weighted by Gasteiger charge is -2.40. The maximum atomic E-state index is 6.08. The zero-order chi connectivity index (χ0) is 22.9. The van der Waals surface area contributed by atoms with Gasteiger partial charge in [0.2, 0.25) is 0 Å². The van der Waals surface area contributed by atoms with Crippen LogP contribution in [0.2, 0.25) is 0 Å². The number of aryl methyl sites for hydroxylation is 1. The highest BCUT2D eigenvalue weighted by Crippen LogP contribution is 2.39. The van der Waals surface area contributed by atoms with E-state index in [1.54, 1.807) is 6.33 Å². The van der Waals surface area contributed by atoms with Gasteiger partial charge in [0.15, 0.2) is 0 Å². The van der Waals surface area contributed by atoms with Crippen LogP contribution in [0.4, 0.5) is 5.69 Å². The Morgan fingerprint density at radius 2 is 1.85 bits per heavy atom. The number of nitrogens with zero attached hydrogens (tertiary/aromatic N) is 6. The lowest BCUT2D eigenvalue weighted by Crippen LogP contribution is -2.50. The third-order valence-electron chi connectivity index (χ3n) is 6.29. The van der Waals surface area contributed by atoms with E-state index in [0.717, 1.165) is 64.5 Å². The molecular formula is C26H30N6O. The first-order valence-corrected chi connectivity index (χ1v) is 11.5. The molecule has 7 nitrogen and oxygen atoms in total. The summed E-state index contributed by atoms with van der Waals surface area (Å²) in [5.74, 6) is 0.875. The summed E-state index contributed by atoms with van der Waals surface area (Å²) in [6.45, 7) is 7.89. The summed E-state index contributed by atoms with van der Waals surface area (Å²) >= 11 is 0. The quantitative estimate of drug-likeness (QED) is 0.461. The van der Waals surface area contributed by atoms with Crippen LogP contribution >= 0.6 is 0 Å². The summed E-state index contributed by atoms with van der Waals surface area (Å²) in [5, 5.41) is 5.77. The Kier molecular flexibility index (Phi) is 5.72. The molecule has 33 heavy (non-hydrogen) atoms. The molecule has 2 aromatic heterocycles. The molecular weight excluding hydrogens is 412 g/mol. The van der Waals surface area contributed by atoms with E-state index >= 15 is 0 Å². The molecule has 0 radical (unpaired) electrons. The predicted octanol–water partition coefficient (Wildman–Crippen LogP) is 4.24. The van der Waals surface area contributed by atoms with Crippen molar-refractivity contribution in [1.29, 1.82) is 0 Å². The Hall–Kier alpha value is -3.45. The van der Waals surface area contributed by atoms with E-state index in [0.29, 0.717) is 12.6 Å². The van der Waals surface area contributed by atoms with Crippen molar-refractivity contribution in [1.82, 2.24) is 24.6 Å². The van der Waals surface area contributed by atoms with Crippen LogP contribution in [0, 0.1) is 0 Å². The van der Waals surface area contributed by atoms with E-state index in [2.05, 4.69) is 53.0 Å². The van der Waals surface area contributed by atoms with Gasteiger partial charge in [-0.2, -0.15) is 5.10 Å². The van der Waals surface area contributed by atoms with Gasteiger partial charge in [0, 0.05) is 61.5 Å². The van der Waals surface area contributed by atoms with Gasteiger partial charge in [0.25, 0.3) is 0 Å². The molecule has 0 N–H and O–H groups in total. The summed E-state index contributed by atoms with van der Waals surface area (Å²) < 4.78 is 7.93. The Balaban J connectivity index is 1.70. The fourth-order valence-electron chi connectivity index (χ4n) is 4.75. The number of rotatable bonds is 5. The fraction of sp³-hybridized carbons (Fsp3) is 0.346. The van der Waals surface area contributed by atoms with Gasteiger partial charge in [-0.05, 0) is 27.0 Å². The molecule has 0 bridgehead atoms. The molecule has 0 spiro atoms. The number of aromatic nitrogens is 4. The second-order valence-electron chi connectivity index (χ2n) is 8.73. The average molecular weight is 443 g/mol. The highest BCUT2D eigenvalue weighted by Gasteiger charge is 2.26. The molecule has 1 atom stereocenters. The van der Waals surface area contributed by atoms with E-state index in [9.17, 15) is 0 Å². The molecule has 1 unspecified atom stereocenters. The smallest absolute Gasteiger partial charge is 0.144 e. The molecule has 170 valence electrons. The maximum Gasteiger partial charge on any atom is 0.144 e. The van der Waals surface area contributed by atoms with Crippen molar-refractivity contribution in [2.24, 2.45) is 7.05 Å². The van der Waals surface area contributed by atoms with E-state index in [1.165, 1.54) is 0 Å². The van der Waals surface area contributed by atoms with E-state index in [-0.39, 0.29) is 0 Å². The van der Waals surface area contributed by atoms with Crippen LogP contribution in [0.5, 0.6) is 5.75 Å². The zero-order valence-electron chi connectivity index (χ0n) is 19.7. The Labute approximate surface area is 194 Å². The minimum absolute atomic E-state index is 0.381. The van der Waals surface area contributed by atoms with Crippen molar-refractivity contribution in [3.63, 3.8) is 0 Å². The van der Waals surface area contributed by atoms with E-state index in [4.69, 9.17) is 14.8 Å². The number of fused-ring (bicyclic) bond motifs is 1. The van der Waals surface area contributed by atoms with Gasteiger partial charge in [-0.3, -0.25) is 4.68 Å². The van der Waals surface area contributed by atoms with Crippen LogP contribution in [0.3, 0.4) is 0 Å². The second kappa shape index (κ2) is 8.83. The molecule has 1 saturated heterocycles. The Bertz CT molecular complexity index is 1270. The number of benzene rings is 2. The number of ether oxygens (including phenoxy) is 1. The molecule has 5 rings (SSSR count). The van der Waals surface area contributed by atoms with Gasteiger partial charge in [-0.1, -0.05) is 30.3 Å². The standard InChI is InChI=1S/C26H30N6O/c1-5-33-24-14-22-20(13-23(24)32-12-11-30(3)15-18(32)2)26(28-17-27-22)21-16-31(4)29-25(21)19-9-7-6-8-10-19/h6-10,13-14,16-18H,5,11-12,15H2,1-4H3. The summed E-state index contributed by atoms with van der Waals surface area (Å²) in [6.07, 6.45) is 3.67. The molecule has 0 aliphatic carbocycles. The first-order chi connectivity index (χ1) is 16.0. The van der Waals surface area contributed by atoms with Crippen molar-refractivity contribution in [3.8, 4) is 28.3 Å². The third-order valence-corrected chi connectivity index (χ3v) is 6.29. The minimum Gasteiger partial charge on any atom is -0.492 e. The maximum absolute atomic E-state index is 6.08. The van der Waals surface area contributed by atoms with Crippen LogP contribution in [0.15, 0.2) is 55.0 Å². The van der Waals surface area contributed by atoms with Crippen molar-refractivity contribution in [2.75, 3.05) is 38.2 Å². The second-order valence-corrected chi connectivity index (χ2v) is 8.73. The van der Waals surface area contributed by atoms with Crippen molar-refractivity contribution in [3.05, 3.63) is 55.0 Å². The Morgan fingerprint density at radius 3 is 2.61 bits per heavy atom. The molecule has 1 fully saturated rings. The van der Waals surface area contributed by atoms with E-state index in [1.807, 2.05) is 43.0 Å². The molecule has 2 aromatic carbocycles. The highest BCUT2D eigenvalue weighted by atomic mass is 16.5. The lowest BCUT2D eigenvalue weighted by atomic mass is 10.0. The van der Waals surface area contributed by atoms with Crippen molar-refractivity contribution >= 4 is 16.6 Å². The zero-order valence-corrected chi connectivity index (χ0v) is 19.7. The predicted molar refractivity (Wildman–Crippen MR) is 133 cm³/mol. The molecule has 0 amide bonds. The number of likely N-dealkylation sites (N-methyl/N-ethyl adjacent to an activating group) is 1.